The molecule has 1 saturated heterocycles. The fourth-order valence-corrected chi connectivity index (χ4v) is 3.03. The molecule has 1 fully saturated rings. The molecule has 124 valence electrons. The third-order valence-electron chi connectivity index (χ3n) is 4.01. The smallest absolute Gasteiger partial charge is 0.326 e. The number of carbonyl (C=O) groups excluding carboxylic acids is 1. The SMILES string of the molecule is O=C(O)C1CCCN1C(=O)Nc1cc(Cl)ccc1-c1ccncc1. The highest BCUT2D eigenvalue weighted by molar-refractivity contribution is 6.31. The molecule has 0 aliphatic carbocycles. The minimum Gasteiger partial charge on any atom is -0.480 e. The largest absolute Gasteiger partial charge is 0.480 e. The molecule has 0 radical (unpaired) electrons. The van der Waals surface area contributed by atoms with Crippen LogP contribution < -0.4 is 5.32 Å². The van der Waals surface area contributed by atoms with Crippen LogP contribution in [0.3, 0.4) is 0 Å². The molecule has 1 aliphatic rings. The Kier molecular flexibility index (Phi) is 4.66. The summed E-state index contributed by atoms with van der Waals surface area (Å²) in [5.41, 5.74) is 2.21. The van der Waals surface area contributed by atoms with E-state index in [0.29, 0.717) is 30.1 Å². The number of carboxylic acid groups (broad SMARTS) is 1. The van der Waals surface area contributed by atoms with Crippen LogP contribution in [0, 0.1) is 0 Å². The number of aliphatic carboxylic acids is 1. The summed E-state index contributed by atoms with van der Waals surface area (Å²) in [5, 5.41) is 12.5. The second kappa shape index (κ2) is 6.88. The highest BCUT2D eigenvalue weighted by Crippen LogP contribution is 2.31. The predicted molar refractivity (Wildman–Crippen MR) is 91.1 cm³/mol. The molecule has 3 rings (SSSR count). The number of carbonyl (C=O) groups is 2. The van der Waals surface area contributed by atoms with Crippen LogP contribution in [0.15, 0.2) is 42.7 Å². The lowest BCUT2D eigenvalue weighted by Crippen LogP contribution is -2.42. The van der Waals surface area contributed by atoms with E-state index in [1.54, 1.807) is 24.5 Å². The third kappa shape index (κ3) is 3.33. The summed E-state index contributed by atoms with van der Waals surface area (Å²) in [7, 11) is 0. The Balaban J connectivity index is 1.88. The van der Waals surface area contributed by atoms with E-state index in [2.05, 4.69) is 10.3 Å². The van der Waals surface area contributed by atoms with Gasteiger partial charge in [0, 0.05) is 29.5 Å². The minimum absolute atomic E-state index is 0.425. The molecule has 1 aliphatic heterocycles. The Morgan fingerprint density at radius 2 is 2.00 bits per heavy atom. The lowest BCUT2D eigenvalue weighted by atomic mass is 10.1. The molecule has 2 amide bonds. The molecular weight excluding hydrogens is 330 g/mol. The summed E-state index contributed by atoms with van der Waals surface area (Å²) < 4.78 is 0. The van der Waals surface area contributed by atoms with E-state index in [1.807, 2.05) is 18.2 Å². The third-order valence-corrected chi connectivity index (χ3v) is 4.25. The number of amides is 2. The average Bonchev–Trinajstić information content (AvgIpc) is 3.06. The number of urea groups is 1. The number of benzene rings is 1. The van der Waals surface area contributed by atoms with Crippen molar-refractivity contribution in [1.29, 1.82) is 0 Å². The van der Waals surface area contributed by atoms with Crippen molar-refractivity contribution in [1.82, 2.24) is 9.88 Å². The fourth-order valence-electron chi connectivity index (χ4n) is 2.86. The number of aromatic nitrogens is 1. The summed E-state index contributed by atoms with van der Waals surface area (Å²) in [4.78, 5) is 29.1. The minimum atomic E-state index is -0.983. The average molecular weight is 346 g/mol. The van der Waals surface area contributed by atoms with Crippen molar-refractivity contribution in [2.24, 2.45) is 0 Å². The second-order valence-corrected chi connectivity index (χ2v) is 5.98. The molecule has 1 aromatic carbocycles. The van der Waals surface area contributed by atoms with Crippen molar-refractivity contribution < 1.29 is 14.7 Å². The molecule has 1 unspecified atom stereocenters. The van der Waals surface area contributed by atoms with Gasteiger partial charge >= 0.3 is 12.0 Å². The van der Waals surface area contributed by atoms with Crippen LogP contribution in [0.1, 0.15) is 12.8 Å². The molecule has 2 aromatic rings. The molecular formula is C17H16ClN3O3. The van der Waals surface area contributed by atoms with Gasteiger partial charge in [-0.05, 0) is 42.7 Å². The quantitative estimate of drug-likeness (QED) is 0.892. The molecule has 0 spiro atoms. The Labute approximate surface area is 144 Å². The zero-order valence-electron chi connectivity index (χ0n) is 12.8. The number of nitrogens with one attached hydrogen (secondary N) is 1. The van der Waals surface area contributed by atoms with Crippen molar-refractivity contribution >= 4 is 29.3 Å². The van der Waals surface area contributed by atoms with Crippen LogP contribution in [0.4, 0.5) is 10.5 Å². The molecule has 0 bridgehead atoms. The zero-order chi connectivity index (χ0) is 17.1. The summed E-state index contributed by atoms with van der Waals surface area (Å²) in [6.07, 6.45) is 4.47. The number of hydrogen-bond acceptors (Lipinski definition) is 3. The van der Waals surface area contributed by atoms with Gasteiger partial charge in [-0.3, -0.25) is 4.98 Å². The summed E-state index contributed by atoms with van der Waals surface area (Å²) in [6, 6.07) is 7.64. The van der Waals surface area contributed by atoms with Gasteiger partial charge in [0.25, 0.3) is 0 Å². The number of rotatable bonds is 3. The Morgan fingerprint density at radius 1 is 1.25 bits per heavy atom. The normalized spacial score (nSPS) is 16.9. The van der Waals surface area contributed by atoms with Crippen LogP contribution in [0.2, 0.25) is 5.02 Å². The number of halogens is 1. The van der Waals surface area contributed by atoms with Gasteiger partial charge in [-0.15, -0.1) is 0 Å². The monoisotopic (exact) mass is 345 g/mol. The first kappa shape index (κ1) is 16.3. The Bertz CT molecular complexity index is 767. The molecule has 1 atom stereocenters. The van der Waals surface area contributed by atoms with Crippen molar-refractivity contribution in [3.05, 3.63) is 47.7 Å². The molecule has 1 aromatic heterocycles. The van der Waals surface area contributed by atoms with E-state index in [0.717, 1.165) is 11.1 Å². The van der Waals surface area contributed by atoms with E-state index in [-0.39, 0.29) is 0 Å². The number of carboxylic acids is 1. The number of hydrogen-bond donors (Lipinski definition) is 2. The van der Waals surface area contributed by atoms with Gasteiger partial charge in [-0.2, -0.15) is 0 Å². The topological polar surface area (TPSA) is 82.5 Å². The van der Waals surface area contributed by atoms with E-state index in [9.17, 15) is 14.7 Å². The van der Waals surface area contributed by atoms with Crippen LogP contribution >= 0.6 is 11.6 Å². The number of anilines is 1. The highest BCUT2D eigenvalue weighted by Gasteiger charge is 2.34. The first-order chi connectivity index (χ1) is 11.6. The van der Waals surface area contributed by atoms with Gasteiger partial charge in [-0.25, -0.2) is 9.59 Å². The van der Waals surface area contributed by atoms with Crippen molar-refractivity contribution in [2.75, 3.05) is 11.9 Å². The second-order valence-electron chi connectivity index (χ2n) is 5.55. The van der Waals surface area contributed by atoms with Gasteiger partial charge in [0.05, 0.1) is 5.69 Å². The molecule has 7 heteroatoms. The molecule has 24 heavy (non-hydrogen) atoms. The summed E-state index contributed by atoms with van der Waals surface area (Å²) in [5.74, 6) is -0.983. The molecule has 2 N–H and O–H groups in total. The number of likely N-dealkylation sites (tertiary alicyclic amines) is 1. The van der Waals surface area contributed by atoms with Crippen LogP contribution in [0.25, 0.3) is 11.1 Å². The van der Waals surface area contributed by atoms with Crippen molar-refractivity contribution in [3.8, 4) is 11.1 Å². The Morgan fingerprint density at radius 3 is 2.71 bits per heavy atom. The number of pyridine rings is 1. The van der Waals surface area contributed by atoms with Crippen molar-refractivity contribution in [2.45, 2.75) is 18.9 Å². The summed E-state index contributed by atoms with van der Waals surface area (Å²) in [6.45, 7) is 0.425. The van der Waals surface area contributed by atoms with Crippen LogP contribution in [-0.4, -0.2) is 39.6 Å². The zero-order valence-corrected chi connectivity index (χ0v) is 13.5. The molecule has 0 saturated carbocycles. The predicted octanol–water partition coefficient (Wildman–Crippen LogP) is 3.48. The maximum Gasteiger partial charge on any atom is 0.326 e. The van der Waals surface area contributed by atoms with E-state index in [1.165, 1.54) is 4.90 Å². The molecule has 2 heterocycles. The van der Waals surface area contributed by atoms with Gasteiger partial charge in [0.15, 0.2) is 0 Å². The maximum absolute atomic E-state index is 12.5. The van der Waals surface area contributed by atoms with Gasteiger partial charge in [0.2, 0.25) is 0 Å². The first-order valence-electron chi connectivity index (χ1n) is 7.56. The lowest BCUT2D eigenvalue weighted by Gasteiger charge is -2.22. The standard InChI is InChI=1S/C17H16ClN3O3/c18-12-3-4-13(11-5-7-19-8-6-11)14(10-12)20-17(24)21-9-1-2-15(21)16(22)23/h3-8,10,15H,1-2,9H2,(H,20,24)(H,22,23). The van der Waals surface area contributed by atoms with Crippen LogP contribution in [-0.2, 0) is 4.79 Å². The van der Waals surface area contributed by atoms with Gasteiger partial charge < -0.3 is 15.3 Å². The van der Waals surface area contributed by atoms with Gasteiger partial charge in [0.1, 0.15) is 6.04 Å². The van der Waals surface area contributed by atoms with Crippen LogP contribution in [0.5, 0.6) is 0 Å². The Hall–Kier alpha value is -2.60. The maximum atomic E-state index is 12.5. The van der Waals surface area contributed by atoms with Gasteiger partial charge in [-0.1, -0.05) is 17.7 Å². The number of nitrogens with zero attached hydrogens (tertiary/aromatic N) is 2. The van der Waals surface area contributed by atoms with E-state index in [4.69, 9.17) is 11.6 Å². The fraction of sp³-hybridized carbons (Fsp3) is 0.235. The van der Waals surface area contributed by atoms with E-state index >= 15 is 0 Å². The highest BCUT2D eigenvalue weighted by atomic mass is 35.5. The van der Waals surface area contributed by atoms with E-state index < -0.39 is 18.0 Å². The van der Waals surface area contributed by atoms with Crippen molar-refractivity contribution in [3.63, 3.8) is 0 Å². The summed E-state index contributed by atoms with van der Waals surface area (Å²) >= 11 is 6.06. The lowest BCUT2D eigenvalue weighted by molar-refractivity contribution is -0.141. The first-order valence-corrected chi connectivity index (χ1v) is 7.94. The molecule has 6 nitrogen and oxygen atoms in total.